The van der Waals surface area contributed by atoms with Crippen LogP contribution in [0.25, 0.3) is 0 Å². The quantitative estimate of drug-likeness (QED) is 0.0667. The minimum atomic E-state index is -1.38. The average Bonchev–Trinajstić information content (AvgIpc) is 3.83. The lowest BCUT2D eigenvalue weighted by atomic mass is 9.69. The van der Waals surface area contributed by atoms with E-state index in [-0.39, 0.29) is 90.9 Å². The molecule has 11 N–H and O–H groups in total. The first-order chi connectivity index (χ1) is 33.1. The Morgan fingerprint density at radius 1 is 0.348 bits per heavy atom. The molecule has 0 saturated heterocycles. The van der Waals surface area contributed by atoms with Crippen molar-refractivity contribution in [1.29, 1.82) is 0 Å². The molecule has 8 aromatic carbocycles. The van der Waals surface area contributed by atoms with E-state index >= 15 is 4.79 Å². The van der Waals surface area contributed by atoms with E-state index in [0.717, 1.165) is 6.07 Å². The third-order valence-electron chi connectivity index (χ3n) is 14.0. The van der Waals surface area contributed by atoms with Crippen LogP contribution in [0.1, 0.15) is 113 Å². The van der Waals surface area contributed by atoms with Gasteiger partial charge in [0, 0.05) is 75.8 Å². The number of Topliss-reactive ketones (excluding diaryl/α,β-unsaturated/α-hetero) is 1. The summed E-state index contributed by atoms with van der Waals surface area (Å²) in [7, 11) is 0. The largest absolute Gasteiger partial charge is 0.508 e. The number of ketones is 1. The second kappa shape index (κ2) is 15.8. The molecule has 0 saturated carbocycles. The van der Waals surface area contributed by atoms with Crippen molar-refractivity contribution >= 4 is 5.78 Å². The summed E-state index contributed by atoms with van der Waals surface area (Å²) >= 11 is 0. The van der Waals surface area contributed by atoms with Crippen LogP contribution in [0.4, 0.5) is 0 Å². The molecular weight excluding hydrogens is 881 g/mol. The van der Waals surface area contributed by atoms with E-state index < -0.39 is 58.9 Å². The fraction of sp³-hybridized carbons (Fsp3) is 0.125. The van der Waals surface area contributed by atoms with Crippen LogP contribution in [-0.4, -0.2) is 62.0 Å². The zero-order valence-corrected chi connectivity index (χ0v) is 36.1. The van der Waals surface area contributed by atoms with Crippen LogP contribution in [0.15, 0.2) is 146 Å². The van der Waals surface area contributed by atoms with E-state index in [0.29, 0.717) is 33.4 Å². The van der Waals surface area contributed by atoms with Crippen LogP contribution in [0.2, 0.25) is 0 Å². The molecular formula is C56H42O13. The van der Waals surface area contributed by atoms with Crippen molar-refractivity contribution in [1.82, 2.24) is 0 Å². The van der Waals surface area contributed by atoms with Crippen LogP contribution in [0.5, 0.6) is 69.0 Å². The number of hydrogen-bond donors (Lipinski definition) is 11. The smallest absolute Gasteiger partial charge is 0.170 e. The van der Waals surface area contributed by atoms with Gasteiger partial charge >= 0.3 is 0 Å². The number of fused-ring (bicyclic) bond motifs is 3. The van der Waals surface area contributed by atoms with Crippen LogP contribution >= 0.6 is 0 Å². The molecule has 0 radical (unpaired) electrons. The molecule has 13 heteroatoms. The number of phenolic OH excluding ortho intramolecular Hbond substituents is 11. The lowest BCUT2D eigenvalue weighted by Crippen LogP contribution is -2.22. The Balaban J connectivity index is 1.30. The topological polar surface area (TPSA) is 249 Å². The third kappa shape index (κ3) is 6.88. The van der Waals surface area contributed by atoms with Gasteiger partial charge in [0.25, 0.3) is 0 Å². The van der Waals surface area contributed by atoms with Crippen molar-refractivity contribution in [2.75, 3.05) is 0 Å². The molecule has 7 atom stereocenters. The van der Waals surface area contributed by atoms with Gasteiger partial charge in [-0.2, -0.15) is 0 Å². The number of hydrogen-bond acceptors (Lipinski definition) is 13. The molecule has 11 rings (SSSR count). The molecule has 0 spiro atoms. The molecule has 1 heterocycles. The van der Waals surface area contributed by atoms with Gasteiger partial charge in [-0.05, 0) is 124 Å². The van der Waals surface area contributed by atoms with E-state index in [9.17, 15) is 56.2 Å². The summed E-state index contributed by atoms with van der Waals surface area (Å²) in [5.41, 5.74) is 3.85. The predicted octanol–water partition coefficient (Wildman–Crippen LogP) is 9.89. The van der Waals surface area contributed by atoms with Crippen LogP contribution in [0, 0.1) is 0 Å². The van der Waals surface area contributed by atoms with Crippen molar-refractivity contribution in [2.24, 2.45) is 0 Å². The van der Waals surface area contributed by atoms with Crippen molar-refractivity contribution < 1.29 is 65.7 Å². The van der Waals surface area contributed by atoms with Gasteiger partial charge in [-0.1, -0.05) is 36.4 Å². The average molecular weight is 923 g/mol. The monoisotopic (exact) mass is 922 g/mol. The second-order valence-corrected chi connectivity index (χ2v) is 18.0. The first-order valence-electron chi connectivity index (χ1n) is 22.1. The van der Waals surface area contributed by atoms with E-state index in [4.69, 9.17) is 4.74 Å². The summed E-state index contributed by atoms with van der Waals surface area (Å²) in [6, 6.07) is 35.0. The van der Waals surface area contributed by atoms with Gasteiger partial charge in [0.15, 0.2) is 5.78 Å². The number of benzene rings is 8. The SMILES string of the molecule is O=C(c1ccc(O)cc1)[C@@H]1c2c([C@@H]3c4cc(O)cc5c4[C@H](c4cc(O)cc(O)c4[C@@H]3c3ccc(O)cc3)[C@@H](c3ccc(O)cc3)O5)c(O)cc(O)c2[C@H](c2ccc(O)cc2)[C@H]1c1cc(O)cc(O)c1. The maximum Gasteiger partial charge on any atom is 0.170 e. The van der Waals surface area contributed by atoms with Gasteiger partial charge in [-0.3, -0.25) is 4.79 Å². The molecule has 0 fully saturated rings. The summed E-state index contributed by atoms with van der Waals surface area (Å²) in [5.74, 6) is -9.65. The number of aromatic hydroxyl groups is 11. The Morgan fingerprint density at radius 2 is 0.797 bits per heavy atom. The van der Waals surface area contributed by atoms with Crippen LogP contribution in [0.3, 0.4) is 0 Å². The molecule has 0 aromatic heterocycles. The summed E-state index contributed by atoms with van der Waals surface area (Å²) in [6.45, 7) is 0. The normalized spacial score (nSPS) is 20.8. The molecule has 13 nitrogen and oxygen atoms in total. The van der Waals surface area contributed by atoms with E-state index in [1.54, 1.807) is 36.4 Å². The molecule has 0 unspecified atom stereocenters. The maximum atomic E-state index is 15.8. The highest BCUT2D eigenvalue weighted by molar-refractivity contribution is 6.03. The first-order valence-corrected chi connectivity index (χ1v) is 22.1. The molecule has 69 heavy (non-hydrogen) atoms. The van der Waals surface area contributed by atoms with Crippen molar-refractivity contribution in [3.63, 3.8) is 0 Å². The van der Waals surface area contributed by atoms with E-state index in [1.165, 1.54) is 103 Å². The Labute approximate surface area is 393 Å². The molecule has 0 bridgehead atoms. The lowest BCUT2D eigenvalue weighted by Gasteiger charge is -2.33. The third-order valence-corrected chi connectivity index (χ3v) is 14.0. The highest BCUT2D eigenvalue weighted by atomic mass is 16.5. The minimum Gasteiger partial charge on any atom is -0.508 e. The fourth-order valence-corrected chi connectivity index (χ4v) is 11.5. The fourth-order valence-electron chi connectivity index (χ4n) is 11.5. The van der Waals surface area contributed by atoms with Gasteiger partial charge in [0.1, 0.15) is 75.1 Å². The zero-order chi connectivity index (χ0) is 48.2. The Bertz CT molecular complexity index is 3350. The predicted molar refractivity (Wildman–Crippen MR) is 250 cm³/mol. The Morgan fingerprint density at radius 3 is 1.36 bits per heavy atom. The zero-order valence-electron chi connectivity index (χ0n) is 36.1. The first kappa shape index (κ1) is 42.7. The molecule has 0 amide bonds. The van der Waals surface area contributed by atoms with Gasteiger partial charge in [0.2, 0.25) is 0 Å². The Hall–Kier alpha value is -8.97. The highest BCUT2D eigenvalue weighted by Crippen LogP contribution is 2.67. The second-order valence-electron chi connectivity index (χ2n) is 18.0. The Kier molecular flexibility index (Phi) is 9.79. The molecule has 1 aliphatic heterocycles. The summed E-state index contributed by atoms with van der Waals surface area (Å²) in [5, 5.41) is 125. The minimum absolute atomic E-state index is 0.00508. The van der Waals surface area contributed by atoms with Gasteiger partial charge in [0.05, 0.1) is 11.8 Å². The lowest BCUT2D eigenvalue weighted by molar-refractivity contribution is 0.0948. The highest BCUT2D eigenvalue weighted by Gasteiger charge is 2.54. The van der Waals surface area contributed by atoms with Crippen molar-refractivity contribution in [3.05, 3.63) is 212 Å². The van der Waals surface area contributed by atoms with Crippen molar-refractivity contribution in [2.45, 2.75) is 41.6 Å². The number of phenols is 11. The van der Waals surface area contributed by atoms with Gasteiger partial charge < -0.3 is 60.9 Å². The molecule has 344 valence electrons. The molecule has 3 aliphatic rings. The van der Waals surface area contributed by atoms with Crippen molar-refractivity contribution in [3.8, 4) is 69.0 Å². The van der Waals surface area contributed by atoms with E-state index in [1.807, 2.05) is 0 Å². The number of carbonyl (C=O) groups is 1. The standard InChI is InChI=1S/C56H42O13/c57-30-9-1-25(2-10-30)44-46(29-17-34(61)19-35(62)18-29)54(55(68)27-5-13-32(59)14-6-27)53-51(44)41(66)24-42(67)52(53)49-39-21-37(64)23-43-48(39)50(56(69-43)28-7-15-33(60)16-8-28)38-20-36(63)22-40(65)47(38)45(49)26-3-11-31(58)12-4-26/h1-24,44-46,49-50,54,56-67H/t44-,45+,46-,49-,50+,54+,56-/m1/s1. The summed E-state index contributed by atoms with van der Waals surface area (Å²) < 4.78 is 6.74. The summed E-state index contributed by atoms with van der Waals surface area (Å²) in [6.07, 6.45) is -0.884. The number of ether oxygens (including phenoxy) is 1. The van der Waals surface area contributed by atoms with Crippen LogP contribution < -0.4 is 4.74 Å². The van der Waals surface area contributed by atoms with Gasteiger partial charge in [-0.15, -0.1) is 0 Å². The summed E-state index contributed by atoms with van der Waals surface area (Å²) in [4.78, 5) is 15.8. The number of rotatable bonds is 7. The molecule has 2 aliphatic carbocycles. The number of carbonyl (C=O) groups excluding carboxylic acids is 1. The van der Waals surface area contributed by atoms with Crippen LogP contribution in [-0.2, 0) is 0 Å². The van der Waals surface area contributed by atoms with Gasteiger partial charge in [-0.25, -0.2) is 0 Å². The molecule has 8 aromatic rings. The maximum absolute atomic E-state index is 15.8. The van der Waals surface area contributed by atoms with E-state index in [2.05, 4.69) is 0 Å².